The SMILES string of the molecule is CCC1CCCC1Nc1cc(C(F)(F)F)ccc1F. The second-order valence-corrected chi connectivity index (χ2v) is 5.04. The Morgan fingerprint density at radius 2 is 2.00 bits per heavy atom. The van der Waals surface area contributed by atoms with Crippen molar-refractivity contribution in [1.82, 2.24) is 0 Å². The predicted octanol–water partition coefficient (Wildman–Crippen LogP) is 4.84. The van der Waals surface area contributed by atoms with Crippen molar-refractivity contribution in [3.63, 3.8) is 0 Å². The lowest BCUT2D eigenvalue weighted by Crippen LogP contribution is -2.24. The van der Waals surface area contributed by atoms with Gasteiger partial charge in [0.05, 0.1) is 11.3 Å². The molecule has 1 aliphatic carbocycles. The summed E-state index contributed by atoms with van der Waals surface area (Å²) in [6.45, 7) is 2.05. The van der Waals surface area contributed by atoms with E-state index in [0.29, 0.717) is 5.92 Å². The van der Waals surface area contributed by atoms with Gasteiger partial charge in [-0.15, -0.1) is 0 Å². The van der Waals surface area contributed by atoms with E-state index in [9.17, 15) is 17.6 Å². The van der Waals surface area contributed by atoms with Crippen molar-refractivity contribution < 1.29 is 17.6 Å². The van der Waals surface area contributed by atoms with Crippen LogP contribution < -0.4 is 5.32 Å². The van der Waals surface area contributed by atoms with Crippen molar-refractivity contribution in [2.75, 3.05) is 5.32 Å². The quantitative estimate of drug-likeness (QED) is 0.779. The van der Waals surface area contributed by atoms with Crippen molar-refractivity contribution >= 4 is 5.69 Å². The van der Waals surface area contributed by atoms with Crippen molar-refractivity contribution in [2.45, 2.75) is 44.8 Å². The molecule has 1 aliphatic rings. The molecule has 1 aromatic carbocycles. The maximum absolute atomic E-state index is 13.6. The number of hydrogen-bond acceptors (Lipinski definition) is 1. The molecule has 19 heavy (non-hydrogen) atoms. The highest BCUT2D eigenvalue weighted by Gasteiger charge is 2.32. The molecule has 0 amide bonds. The summed E-state index contributed by atoms with van der Waals surface area (Å²) >= 11 is 0. The summed E-state index contributed by atoms with van der Waals surface area (Å²) in [7, 11) is 0. The van der Waals surface area contributed by atoms with Gasteiger partial charge >= 0.3 is 6.18 Å². The number of nitrogens with one attached hydrogen (secondary N) is 1. The summed E-state index contributed by atoms with van der Waals surface area (Å²) in [5.74, 6) is -0.219. The first-order valence-electron chi connectivity index (χ1n) is 6.55. The number of halogens is 4. The Morgan fingerprint density at radius 3 is 2.63 bits per heavy atom. The summed E-state index contributed by atoms with van der Waals surface area (Å²) in [5.41, 5.74) is -0.859. The summed E-state index contributed by atoms with van der Waals surface area (Å²) in [5, 5.41) is 2.95. The van der Waals surface area contributed by atoms with Crippen LogP contribution in [-0.4, -0.2) is 6.04 Å². The second kappa shape index (κ2) is 5.39. The van der Waals surface area contributed by atoms with Crippen LogP contribution in [0.5, 0.6) is 0 Å². The summed E-state index contributed by atoms with van der Waals surface area (Å²) in [6.07, 6.45) is -0.512. The minimum absolute atomic E-state index is 0.0415. The molecular weight excluding hydrogens is 258 g/mol. The van der Waals surface area contributed by atoms with E-state index in [0.717, 1.165) is 43.9 Å². The topological polar surface area (TPSA) is 12.0 Å². The molecule has 0 radical (unpaired) electrons. The fraction of sp³-hybridized carbons (Fsp3) is 0.571. The van der Waals surface area contributed by atoms with Crippen LogP contribution in [0.3, 0.4) is 0 Å². The van der Waals surface area contributed by atoms with E-state index in [-0.39, 0.29) is 11.7 Å². The first-order valence-corrected chi connectivity index (χ1v) is 6.55. The maximum Gasteiger partial charge on any atom is 0.416 e. The average Bonchev–Trinajstić information content (AvgIpc) is 2.77. The molecule has 0 aromatic heterocycles. The van der Waals surface area contributed by atoms with Gasteiger partial charge in [-0.2, -0.15) is 13.2 Å². The van der Waals surface area contributed by atoms with Crippen molar-refractivity contribution in [3.8, 4) is 0 Å². The Morgan fingerprint density at radius 1 is 1.26 bits per heavy atom. The standard InChI is InChI=1S/C14H17F4N/c1-2-9-4-3-5-12(9)19-13-8-10(14(16,17)18)6-7-11(13)15/h6-9,12,19H,2-5H2,1H3. The monoisotopic (exact) mass is 275 g/mol. The second-order valence-electron chi connectivity index (χ2n) is 5.04. The van der Waals surface area contributed by atoms with Gasteiger partial charge in [0.2, 0.25) is 0 Å². The molecule has 0 aliphatic heterocycles. The summed E-state index contributed by atoms with van der Waals surface area (Å²) < 4.78 is 51.4. The van der Waals surface area contributed by atoms with E-state index in [1.165, 1.54) is 0 Å². The normalized spacial score (nSPS) is 23.6. The Balaban J connectivity index is 2.20. The van der Waals surface area contributed by atoms with Gasteiger partial charge in [-0.05, 0) is 37.0 Å². The molecule has 2 rings (SSSR count). The van der Waals surface area contributed by atoms with Gasteiger partial charge in [0.25, 0.3) is 0 Å². The third-order valence-corrected chi connectivity index (χ3v) is 3.82. The van der Waals surface area contributed by atoms with Crippen LogP contribution >= 0.6 is 0 Å². The first kappa shape index (κ1) is 14.2. The van der Waals surface area contributed by atoms with E-state index in [1.54, 1.807) is 0 Å². The van der Waals surface area contributed by atoms with E-state index >= 15 is 0 Å². The minimum atomic E-state index is -4.44. The molecule has 0 bridgehead atoms. The van der Waals surface area contributed by atoms with Gasteiger partial charge in [0.15, 0.2) is 0 Å². The van der Waals surface area contributed by atoms with Crippen LogP contribution in [0.1, 0.15) is 38.2 Å². The average molecular weight is 275 g/mol. The van der Waals surface area contributed by atoms with Gasteiger partial charge in [-0.1, -0.05) is 19.8 Å². The lowest BCUT2D eigenvalue weighted by Gasteiger charge is -2.22. The third-order valence-electron chi connectivity index (χ3n) is 3.82. The molecule has 0 heterocycles. The molecule has 1 saturated carbocycles. The minimum Gasteiger partial charge on any atom is -0.380 e. The van der Waals surface area contributed by atoms with E-state index < -0.39 is 17.6 Å². The Kier molecular flexibility index (Phi) is 4.02. The molecule has 1 aromatic rings. The zero-order valence-electron chi connectivity index (χ0n) is 10.7. The lowest BCUT2D eigenvalue weighted by molar-refractivity contribution is -0.137. The van der Waals surface area contributed by atoms with Crippen molar-refractivity contribution in [2.24, 2.45) is 5.92 Å². The van der Waals surface area contributed by atoms with Gasteiger partial charge < -0.3 is 5.32 Å². The van der Waals surface area contributed by atoms with Crippen LogP contribution in [-0.2, 0) is 6.18 Å². The van der Waals surface area contributed by atoms with E-state index in [4.69, 9.17) is 0 Å². The molecular formula is C14H17F4N. The molecule has 106 valence electrons. The molecule has 1 N–H and O–H groups in total. The number of rotatable bonds is 3. The highest BCUT2D eigenvalue weighted by atomic mass is 19.4. The number of anilines is 1. The van der Waals surface area contributed by atoms with Crippen LogP contribution in [0.4, 0.5) is 23.2 Å². The Hall–Kier alpha value is -1.26. The van der Waals surface area contributed by atoms with Crippen LogP contribution in [0.15, 0.2) is 18.2 Å². The summed E-state index contributed by atoms with van der Waals surface area (Å²) in [4.78, 5) is 0. The van der Waals surface area contributed by atoms with Gasteiger partial charge in [0, 0.05) is 6.04 Å². The lowest BCUT2D eigenvalue weighted by atomic mass is 10.0. The zero-order valence-corrected chi connectivity index (χ0v) is 10.7. The molecule has 2 unspecified atom stereocenters. The first-order chi connectivity index (χ1) is 8.91. The molecule has 1 fully saturated rings. The van der Waals surface area contributed by atoms with Gasteiger partial charge in [-0.25, -0.2) is 4.39 Å². The predicted molar refractivity (Wildman–Crippen MR) is 66.4 cm³/mol. The molecule has 5 heteroatoms. The van der Waals surface area contributed by atoms with Crippen LogP contribution in [0.25, 0.3) is 0 Å². The third kappa shape index (κ3) is 3.19. The highest BCUT2D eigenvalue weighted by molar-refractivity contribution is 5.49. The maximum atomic E-state index is 13.6. The van der Waals surface area contributed by atoms with E-state index in [2.05, 4.69) is 5.32 Å². The van der Waals surface area contributed by atoms with Crippen LogP contribution in [0, 0.1) is 11.7 Å². The highest BCUT2D eigenvalue weighted by Crippen LogP contribution is 2.34. The molecule has 0 spiro atoms. The Labute approximate surface area is 110 Å². The Bertz CT molecular complexity index is 442. The largest absolute Gasteiger partial charge is 0.416 e. The fourth-order valence-corrected chi connectivity index (χ4v) is 2.73. The fourth-order valence-electron chi connectivity index (χ4n) is 2.73. The molecule has 2 atom stereocenters. The smallest absolute Gasteiger partial charge is 0.380 e. The molecule has 1 nitrogen and oxygen atoms in total. The summed E-state index contributed by atoms with van der Waals surface area (Å²) in [6, 6.07) is 2.58. The number of hydrogen-bond donors (Lipinski definition) is 1. The number of benzene rings is 1. The van der Waals surface area contributed by atoms with Crippen molar-refractivity contribution in [3.05, 3.63) is 29.6 Å². The zero-order chi connectivity index (χ0) is 14.0. The number of alkyl halides is 3. The van der Waals surface area contributed by atoms with Gasteiger partial charge in [-0.3, -0.25) is 0 Å². The van der Waals surface area contributed by atoms with Crippen molar-refractivity contribution in [1.29, 1.82) is 0 Å². The van der Waals surface area contributed by atoms with Gasteiger partial charge in [0.1, 0.15) is 5.82 Å². The molecule has 0 saturated heterocycles. The van der Waals surface area contributed by atoms with Crippen LogP contribution in [0.2, 0.25) is 0 Å². The van der Waals surface area contributed by atoms with E-state index in [1.807, 2.05) is 6.92 Å².